The van der Waals surface area contributed by atoms with Crippen molar-refractivity contribution in [1.29, 1.82) is 0 Å². The zero-order valence-electron chi connectivity index (χ0n) is 13.6. The van der Waals surface area contributed by atoms with E-state index in [2.05, 4.69) is 29.4 Å². The van der Waals surface area contributed by atoms with Gasteiger partial charge in [-0.1, -0.05) is 0 Å². The van der Waals surface area contributed by atoms with Gasteiger partial charge in [-0.2, -0.15) is 0 Å². The van der Waals surface area contributed by atoms with Crippen LogP contribution < -0.4 is 10.6 Å². The molecule has 0 aromatic heterocycles. The minimum Gasteiger partial charge on any atom is -0.335 e. The van der Waals surface area contributed by atoms with E-state index in [-0.39, 0.29) is 5.54 Å². The van der Waals surface area contributed by atoms with Gasteiger partial charge in [0.25, 0.3) is 0 Å². The molecule has 2 N–H and O–H groups in total. The largest absolute Gasteiger partial charge is 0.335 e. The van der Waals surface area contributed by atoms with Gasteiger partial charge in [-0.15, -0.1) is 0 Å². The Morgan fingerprint density at radius 1 is 0.952 bits per heavy atom. The summed E-state index contributed by atoms with van der Waals surface area (Å²) in [5.41, 5.74) is 0.646. The predicted molar refractivity (Wildman–Crippen MR) is 84.3 cm³/mol. The van der Waals surface area contributed by atoms with E-state index in [9.17, 15) is 4.79 Å². The summed E-state index contributed by atoms with van der Waals surface area (Å²) in [5, 5.41) is 6.78. The van der Waals surface area contributed by atoms with Gasteiger partial charge in [0.05, 0.1) is 5.54 Å². The van der Waals surface area contributed by atoms with E-state index in [1.807, 2.05) is 4.90 Å². The van der Waals surface area contributed by atoms with E-state index < -0.39 is 0 Å². The van der Waals surface area contributed by atoms with Gasteiger partial charge >= 0.3 is 0 Å². The van der Waals surface area contributed by atoms with Crippen LogP contribution in [0.4, 0.5) is 0 Å². The molecule has 0 aromatic carbocycles. The van der Waals surface area contributed by atoms with E-state index in [1.54, 1.807) is 0 Å². The van der Waals surface area contributed by atoms with Gasteiger partial charge in [0, 0.05) is 51.2 Å². The molecule has 4 heterocycles. The molecule has 120 valence electrons. The summed E-state index contributed by atoms with van der Waals surface area (Å²) < 4.78 is 0. The number of amides is 1. The maximum Gasteiger partial charge on any atom is 0.223 e. The number of fused-ring (bicyclic) bond motifs is 2. The molecule has 4 fully saturated rings. The molecular formula is C16H30N4O. The molecule has 0 aliphatic carbocycles. The second kappa shape index (κ2) is 5.86. The lowest BCUT2D eigenvalue weighted by atomic mass is 9.97. The first-order valence-electron chi connectivity index (χ1n) is 8.51. The zero-order valence-corrected chi connectivity index (χ0v) is 13.6. The molecular weight excluding hydrogens is 264 g/mol. The summed E-state index contributed by atoms with van der Waals surface area (Å²) in [7, 11) is 0. The highest BCUT2D eigenvalue weighted by Crippen LogP contribution is 2.30. The molecule has 0 bridgehead atoms. The number of hydrogen-bond donors (Lipinski definition) is 2. The normalized spacial score (nSPS) is 39.5. The molecule has 4 aliphatic rings. The highest BCUT2D eigenvalue weighted by atomic mass is 16.2. The lowest BCUT2D eigenvalue weighted by Gasteiger charge is -2.39. The Hall–Kier alpha value is -0.650. The third-order valence-electron chi connectivity index (χ3n) is 5.82. The van der Waals surface area contributed by atoms with Crippen LogP contribution in [-0.4, -0.2) is 72.6 Å². The minimum atomic E-state index is 0.134. The Labute approximate surface area is 128 Å². The monoisotopic (exact) mass is 294 g/mol. The summed E-state index contributed by atoms with van der Waals surface area (Å²) in [6.07, 6.45) is 4.56. The SMILES string of the molecule is CC12CCC(=O)N1CCNC2.CC12CCCN1CCNC2. The fourth-order valence-electron chi connectivity index (χ4n) is 4.31. The average molecular weight is 294 g/mol. The summed E-state index contributed by atoms with van der Waals surface area (Å²) in [6.45, 7) is 12.4. The smallest absolute Gasteiger partial charge is 0.223 e. The number of nitrogens with zero attached hydrogens (tertiary/aromatic N) is 2. The van der Waals surface area contributed by atoms with Gasteiger partial charge in [0.1, 0.15) is 0 Å². The van der Waals surface area contributed by atoms with Gasteiger partial charge in [0.15, 0.2) is 0 Å². The van der Waals surface area contributed by atoms with E-state index in [1.165, 1.54) is 39.0 Å². The number of rotatable bonds is 0. The standard InChI is InChI=1S/C8H14N2O.C8H16N2/c1-8-3-2-7(11)10(8)5-4-9-6-8;1-8-3-2-5-10(8)6-4-9-7-8/h9H,2-6H2,1H3;9H,2-7H2,1H3. The lowest BCUT2D eigenvalue weighted by Crippen LogP contribution is -2.57. The maximum atomic E-state index is 11.3. The van der Waals surface area contributed by atoms with E-state index in [0.29, 0.717) is 11.4 Å². The molecule has 21 heavy (non-hydrogen) atoms. The molecule has 0 saturated carbocycles. The Morgan fingerprint density at radius 3 is 2.38 bits per heavy atom. The van der Waals surface area contributed by atoms with Gasteiger partial charge in [-0.3, -0.25) is 9.69 Å². The number of hydrogen-bond acceptors (Lipinski definition) is 4. The summed E-state index contributed by atoms with van der Waals surface area (Å²) in [5.74, 6) is 0.342. The van der Waals surface area contributed by atoms with Crippen molar-refractivity contribution in [2.75, 3.05) is 45.8 Å². The van der Waals surface area contributed by atoms with Crippen molar-refractivity contribution in [3.63, 3.8) is 0 Å². The molecule has 0 aromatic rings. The fourth-order valence-corrected chi connectivity index (χ4v) is 4.31. The fraction of sp³-hybridized carbons (Fsp3) is 0.938. The molecule has 0 radical (unpaired) electrons. The first-order chi connectivity index (χ1) is 10.0. The van der Waals surface area contributed by atoms with Crippen molar-refractivity contribution in [3.05, 3.63) is 0 Å². The third kappa shape index (κ3) is 2.96. The van der Waals surface area contributed by atoms with Crippen molar-refractivity contribution in [3.8, 4) is 0 Å². The van der Waals surface area contributed by atoms with E-state index in [0.717, 1.165) is 32.5 Å². The van der Waals surface area contributed by atoms with Crippen LogP contribution in [0.2, 0.25) is 0 Å². The molecule has 4 saturated heterocycles. The van der Waals surface area contributed by atoms with Gasteiger partial charge in [-0.05, 0) is 39.7 Å². The minimum absolute atomic E-state index is 0.134. The summed E-state index contributed by atoms with van der Waals surface area (Å²) in [4.78, 5) is 16.0. The van der Waals surface area contributed by atoms with Crippen molar-refractivity contribution in [2.45, 2.75) is 50.6 Å². The summed E-state index contributed by atoms with van der Waals surface area (Å²) >= 11 is 0. The zero-order chi connectivity index (χ0) is 14.9. The Kier molecular flexibility index (Phi) is 4.26. The van der Waals surface area contributed by atoms with Crippen LogP contribution in [0.5, 0.6) is 0 Å². The molecule has 4 aliphatic heterocycles. The first-order valence-corrected chi connectivity index (χ1v) is 8.51. The molecule has 0 spiro atoms. The maximum absolute atomic E-state index is 11.3. The average Bonchev–Trinajstić information content (AvgIpc) is 3.00. The van der Waals surface area contributed by atoms with Crippen LogP contribution in [0.15, 0.2) is 0 Å². The van der Waals surface area contributed by atoms with Gasteiger partial charge in [-0.25, -0.2) is 0 Å². The Bertz CT molecular complexity index is 402. The summed E-state index contributed by atoms with van der Waals surface area (Å²) in [6, 6.07) is 0. The van der Waals surface area contributed by atoms with Gasteiger partial charge in [0.2, 0.25) is 5.91 Å². The van der Waals surface area contributed by atoms with Crippen molar-refractivity contribution in [1.82, 2.24) is 20.4 Å². The lowest BCUT2D eigenvalue weighted by molar-refractivity contribution is -0.131. The first kappa shape index (κ1) is 15.3. The number of carbonyl (C=O) groups excluding carboxylic acids is 1. The topological polar surface area (TPSA) is 47.6 Å². The second-order valence-corrected chi connectivity index (χ2v) is 7.48. The molecule has 2 unspecified atom stereocenters. The highest BCUT2D eigenvalue weighted by molar-refractivity contribution is 5.79. The molecule has 5 nitrogen and oxygen atoms in total. The number of nitrogens with one attached hydrogen (secondary N) is 2. The Morgan fingerprint density at radius 2 is 1.67 bits per heavy atom. The van der Waals surface area contributed by atoms with Crippen molar-refractivity contribution in [2.24, 2.45) is 0 Å². The van der Waals surface area contributed by atoms with Crippen LogP contribution in [0.25, 0.3) is 0 Å². The van der Waals surface area contributed by atoms with Crippen molar-refractivity contribution >= 4 is 5.91 Å². The molecule has 1 amide bonds. The number of carbonyl (C=O) groups is 1. The Balaban J connectivity index is 0.000000126. The third-order valence-corrected chi connectivity index (χ3v) is 5.82. The second-order valence-electron chi connectivity index (χ2n) is 7.48. The van der Waals surface area contributed by atoms with E-state index >= 15 is 0 Å². The molecule has 5 heteroatoms. The van der Waals surface area contributed by atoms with E-state index in [4.69, 9.17) is 0 Å². The van der Waals surface area contributed by atoms with Crippen LogP contribution in [0, 0.1) is 0 Å². The highest BCUT2D eigenvalue weighted by Gasteiger charge is 2.42. The van der Waals surface area contributed by atoms with Crippen LogP contribution >= 0.6 is 0 Å². The number of piperazine rings is 2. The van der Waals surface area contributed by atoms with Crippen LogP contribution in [0.3, 0.4) is 0 Å². The molecule has 4 rings (SSSR count). The molecule has 2 atom stereocenters. The predicted octanol–water partition coefficient (Wildman–Crippen LogP) is 0.415. The van der Waals surface area contributed by atoms with Gasteiger partial charge < -0.3 is 15.5 Å². The van der Waals surface area contributed by atoms with Crippen molar-refractivity contribution < 1.29 is 4.79 Å². The van der Waals surface area contributed by atoms with Crippen LogP contribution in [0.1, 0.15) is 39.5 Å². The quantitative estimate of drug-likeness (QED) is 0.680. The van der Waals surface area contributed by atoms with Crippen LogP contribution in [-0.2, 0) is 4.79 Å².